The van der Waals surface area contributed by atoms with Gasteiger partial charge in [-0.15, -0.1) is 0 Å². The van der Waals surface area contributed by atoms with Crippen LogP contribution in [0.25, 0.3) is 0 Å². The zero-order valence-electron chi connectivity index (χ0n) is 8.77. The SMILES string of the molecule is CCn1nc(COC)cc1SCC(=O)O. The van der Waals surface area contributed by atoms with Crippen molar-refractivity contribution in [2.75, 3.05) is 12.9 Å². The molecular formula is C9H14N2O3S. The highest BCUT2D eigenvalue weighted by Crippen LogP contribution is 2.19. The van der Waals surface area contributed by atoms with Gasteiger partial charge in [-0.1, -0.05) is 11.8 Å². The Hall–Kier alpha value is -1.01. The van der Waals surface area contributed by atoms with Gasteiger partial charge < -0.3 is 9.84 Å². The fraction of sp³-hybridized carbons (Fsp3) is 0.556. The molecule has 1 heterocycles. The lowest BCUT2D eigenvalue weighted by molar-refractivity contribution is -0.133. The number of carboxylic acid groups (broad SMARTS) is 1. The Balaban J connectivity index is 2.71. The van der Waals surface area contributed by atoms with Crippen LogP contribution in [0.2, 0.25) is 0 Å². The third-order valence-electron chi connectivity index (χ3n) is 1.73. The molecule has 0 bridgehead atoms. The molecule has 1 N–H and O–H groups in total. The maximum atomic E-state index is 10.4. The predicted octanol–water partition coefficient (Wildman–Crippen LogP) is 1.23. The molecule has 0 aliphatic carbocycles. The number of carboxylic acids is 1. The van der Waals surface area contributed by atoms with Crippen LogP contribution in [0.15, 0.2) is 11.1 Å². The number of aromatic nitrogens is 2. The van der Waals surface area contributed by atoms with E-state index in [9.17, 15) is 4.79 Å². The van der Waals surface area contributed by atoms with Crippen LogP contribution in [0, 0.1) is 0 Å². The molecule has 5 nitrogen and oxygen atoms in total. The lowest BCUT2D eigenvalue weighted by atomic mass is 10.5. The van der Waals surface area contributed by atoms with Gasteiger partial charge in [-0.25, -0.2) is 0 Å². The molecule has 1 aromatic rings. The van der Waals surface area contributed by atoms with Crippen LogP contribution in [0.4, 0.5) is 0 Å². The summed E-state index contributed by atoms with van der Waals surface area (Å²) in [5, 5.41) is 13.7. The number of thioether (sulfide) groups is 1. The lowest BCUT2D eigenvalue weighted by Gasteiger charge is -2.00. The van der Waals surface area contributed by atoms with Crippen LogP contribution < -0.4 is 0 Å². The number of rotatable bonds is 6. The quantitative estimate of drug-likeness (QED) is 0.744. The van der Waals surface area contributed by atoms with E-state index in [1.54, 1.807) is 11.8 Å². The summed E-state index contributed by atoms with van der Waals surface area (Å²) in [6.45, 7) is 3.15. The van der Waals surface area contributed by atoms with E-state index in [1.165, 1.54) is 11.8 Å². The highest BCUT2D eigenvalue weighted by atomic mass is 32.2. The van der Waals surface area contributed by atoms with E-state index in [1.807, 2.05) is 13.0 Å². The second-order valence-corrected chi connectivity index (χ2v) is 3.90. The minimum Gasteiger partial charge on any atom is -0.481 e. The predicted molar refractivity (Wildman–Crippen MR) is 57.0 cm³/mol. The van der Waals surface area contributed by atoms with E-state index in [4.69, 9.17) is 9.84 Å². The number of nitrogens with zero attached hydrogens (tertiary/aromatic N) is 2. The fourth-order valence-electron chi connectivity index (χ4n) is 1.15. The molecule has 0 spiro atoms. The molecule has 0 aliphatic heterocycles. The highest BCUT2D eigenvalue weighted by molar-refractivity contribution is 7.99. The molecule has 0 aromatic carbocycles. The average molecular weight is 230 g/mol. The molecule has 0 fully saturated rings. The van der Waals surface area contributed by atoms with Crippen LogP contribution in [0.3, 0.4) is 0 Å². The van der Waals surface area contributed by atoms with Gasteiger partial charge in [0.1, 0.15) is 0 Å². The summed E-state index contributed by atoms with van der Waals surface area (Å²) in [6.07, 6.45) is 0. The second-order valence-electron chi connectivity index (χ2n) is 2.91. The first-order valence-corrected chi connectivity index (χ1v) is 5.56. The topological polar surface area (TPSA) is 64.4 Å². The number of ether oxygens (including phenoxy) is 1. The minimum atomic E-state index is -0.822. The van der Waals surface area contributed by atoms with E-state index in [0.717, 1.165) is 17.3 Å². The smallest absolute Gasteiger partial charge is 0.313 e. The summed E-state index contributed by atoms with van der Waals surface area (Å²) < 4.78 is 6.74. The summed E-state index contributed by atoms with van der Waals surface area (Å²) in [7, 11) is 1.61. The van der Waals surface area contributed by atoms with Crippen molar-refractivity contribution in [1.29, 1.82) is 0 Å². The van der Waals surface area contributed by atoms with Gasteiger partial charge in [0.05, 0.1) is 23.1 Å². The van der Waals surface area contributed by atoms with Crippen molar-refractivity contribution in [2.24, 2.45) is 0 Å². The Kier molecular flexibility index (Phi) is 4.64. The van der Waals surface area contributed by atoms with Crippen LogP contribution in [0.1, 0.15) is 12.6 Å². The normalized spacial score (nSPS) is 10.5. The Morgan fingerprint density at radius 2 is 2.47 bits per heavy atom. The van der Waals surface area contributed by atoms with Gasteiger partial charge in [0.25, 0.3) is 0 Å². The van der Waals surface area contributed by atoms with Crippen LogP contribution in [-0.4, -0.2) is 33.7 Å². The molecule has 15 heavy (non-hydrogen) atoms. The first-order chi connectivity index (χ1) is 7.17. The summed E-state index contributed by atoms with van der Waals surface area (Å²) in [5.74, 6) is -0.768. The van der Waals surface area contributed by atoms with Gasteiger partial charge in [-0.05, 0) is 13.0 Å². The largest absolute Gasteiger partial charge is 0.481 e. The van der Waals surface area contributed by atoms with E-state index in [-0.39, 0.29) is 5.75 Å². The van der Waals surface area contributed by atoms with E-state index in [2.05, 4.69) is 5.10 Å². The van der Waals surface area contributed by atoms with Gasteiger partial charge in [-0.3, -0.25) is 9.48 Å². The average Bonchev–Trinajstić information content (AvgIpc) is 2.58. The zero-order valence-corrected chi connectivity index (χ0v) is 9.58. The summed E-state index contributed by atoms with van der Waals surface area (Å²) in [5.41, 5.74) is 0.826. The number of hydrogen-bond acceptors (Lipinski definition) is 4. The van der Waals surface area contributed by atoms with Crippen molar-refractivity contribution in [2.45, 2.75) is 25.1 Å². The number of aryl methyl sites for hydroxylation is 1. The molecular weight excluding hydrogens is 216 g/mol. The van der Waals surface area contributed by atoms with Crippen molar-refractivity contribution >= 4 is 17.7 Å². The van der Waals surface area contributed by atoms with Gasteiger partial charge in [-0.2, -0.15) is 5.10 Å². The van der Waals surface area contributed by atoms with Gasteiger partial charge in [0.15, 0.2) is 0 Å². The maximum Gasteiger partial charge on any atom is 0.313 e. The molecule has 0 saturated carbocycles. The molecule has 1 rings (SSSR count). The van der Waals surface area contributed by atoms with Crippen LogP contribution in [-0.2, 0) is 22.7 Å². The Morgan fingerprint density at radius 3 is 3.00 bits per heavy atom. The monoisotopic (exact) mass is 230 g/mol. The Labute approximate surface area is 92.4 Å². The first-order valence-electron chi connectivity index (χ1n) is 4.57. The summed E-state index contributed by atoms with van der Waals surface area (Å²) in [4.78, 5) is 10.4. The summed E-state index contributed by atoms with van der Waals surface area (Å²) >= 11 is 1.27. The van der Waals surface area contributed by atoms with Crippen molar-refractivity contribution < 1.29 is 14.6 Å². The molecule has 0 saturated heterocycles. The minimum absolute atomic E-state index is 0.0537. The molecule has 84 valence electrons. The van der Waals surface area contributed by atoms with Crippen molar-refractivity contribution in [3.8, 4) is 0 Å². The van der Waals surface area contributed by atoms with E-state index in [0.29, 0.717) is 6.61 Å². The summed E-state index contributed by atoms with van der Waals surface area (Å²) in [6, 6.07) is 1.86. The second kappa shape index (κ2) is 5.77. The fourth-order valence-corrected chi connectivity index (χ4v) is 1.96. The Bertz CT molecular complexity index is 338. The number of carbonyl (C=O) groups is 1. The molecule has 0 aliphatic rings. The molecule has 0 unspecified atom stereocenters. The van der Waals surface area contributed by atoms with E-state index < -0.39 is 5.97 Å². The standard InChI is InChI=1S/C9H14N2O3S/c1-3-11-8(15-6-9(12)13)4-7(10-11)5-14-2/h4H,3,5-6H2,1-2H3,(H,12,13). The number of aliphatic carboxylic acids is 1. The number of hydrogen-bond donors (Lipinski definition) is 1. The van der Waals surface area contributed by atoms with Gasteiger partial charge in [0.2, 0.25) is 0 Å². The molecule has 6 heteroatoms. The number of methoxy groups -OCH3 is 1. The third kappa shape index (κ3) is 3.56. The van der Waals surface area contributed by atoms with Crippen molar-refractivity contribution in [3.63, 3.8) is 0 Å². The van der Waals surface area contributed by atoms with Crippen molar-refractivity contribution in [3.05, 3.63) is 11.8 Å². The maximum absolute atomic E-state index is 10.4. The molecule has 0 atom stereocenters. The highest BCUT2D eigenvalue weighted by Gasteiger charge is 2.08. The molecule has 0 amide bonds. The molecule has 0 radical (unpaired) electrons. The van der Waals surface area contributed by atoms with Gasteiger partial charge >= 0.3 is 5.97 Å². The van der Waals surface area contributed by atoms with Crippen LogP contribution >= 0.6 is 11.8 Å². The Morgan fingerprint density at radius 1 is 1.73 bits per heavy atom. The third-order valence-corrected chi connectivity index (χ3v) is 2.74. The van der Waals surface area contributed by atoms with Crippen LogP contribution in [0.5, 0.6) is 0 Å². The molecule has 1 aromatic heterocycles. The van der Waals surface area contributed by atoms with Gasteiger partial charge in [0, 0.05) is 13.7 Å². The zero-order chi connectivity index (χ0) is 11.3. The van der Waals surface area contributed by atoms with E-state index >= 15 is 0 Å². The van der Waals surface area contributed by atoms with Crippen molar-refractivity contribution in [1.82, 2.24) is 9.78 Å². The lowest BCUT2D eigenvalue weighted by Crippen LogP contribution is -2.02. The first kappa shape index (κ1) is 12.1.